The van der Waals surface area contributed by atoms with Gasteiger partial charge in [0, 0.05) is 38.1 Å². The minimum absolute atomic E-state index is 0.0222. The molecule has 6 nitrogen and oxygen atoms in total. The zero-order valence-corrected chi connectivity index (χ0v) is 17.0. The zero-order chi connectivity index (χ0) is 19.1. The summed E-state index contributed by atoms with van der Waals surface area (Å²) in [5.74, 6) is 1.07. The van der Waals surface area contributed by atoms with Gasteiger partial charge in [0.2, 0.25) is 5.91 Å². The standard InChI is InChI=1S/C20H37N3O3/c1-15(2)14-26-20(25)22-10-7-18(8-11-22)19(24)21-12-17-6-5-9-23(13-17)16(3)4/h15-18H,5-14H2,1-4H3,(H,21,24). The van der Waals surface area contributed by atoms with Crippen LogP contribution >= 0.6 is 0 Å². The first-order chi connectivity index (χ1) is 12.4. The van der Waals surface area contributed by atoms with Crippen LogP contribution in [0.4, 0.5) is 4.79 Å². The Morgan fingerprint density at radius 2 is 1.77 bits per heavy atom. The number of carbonyl (C=O) groups is 2. The number of hydrogen-bond acceptors (Lipinski definition) is 4. The van der Waals surface area contributed by atoms with E-state index < -0.39 is 0 Å². The van der Waals surface area contributed by atoms with Crippen molar-refractivity contribution in [1.29, 1.82) is 0 Å². The molecule has 2 fully saturated rings. The topological polar surface area (TPSA) is 61.9 Å². The lowest BCUT2D eigenvalue weighted by Gasteiger charge is -2.36. The number of amides is 2. The Morgan fingerprint density at radius 3 is 2.38 bits per heavy atom. The van der Waals surface area contributed by atoms with Gasteiger partial charge in [-0.2, -0.15) is 0 Å². The molecule has 0 aliphatic carbocycles. The second-order valence-corrected chi connectivity index (χ2v) is 8.57. The maximum Gasteiger partial charge on any atom is 0.409 e. The van der Waals surface area contributed by atoms with E-state index in [1.54, 1.807) is 4.90 Å². The average Bonchev–Trinajstić information content (AvgIpc) is 2.64. The van der Waals surface area contributed by atoms with Crippen molar-refractivity contribution in [1.82, 2.24) is 15.1 Å². The maximum absolute atomic E-state index is 12.5. The predicted molar refractivity (Wildman–Crippen MR) is 103 cm³/mol. The molecular weight excluding hydrogens is 330 g/mol. The second kappa shape index (κ2) is 10.1. The summed E-state index contributed by atoms with van der Waals surface area (Å²) in [6, 6.07) is 0.577. The monoisotopic (exact) mass is 367 g/mol. The lowest BCUT2D eigenvalue weighted by atomic mass is 9.94. The summed E-state index contributed by atoms with van der Waals surface area (Å²) in [5.41, 5.74) is 0. The summed E-state index contributed by atoms with van der Waals surface area (Å²) in [5, 5.41) is 3.17. The quantitative estimate of drug-likeness (QED) is 0.784. The SMILES string of the molecule is CC(C)COC(=O)N1CCC(C(=O)NCC2CCCN(C(C)C)C2)CC1. The number of rotatable bonds is 6. The molecule has 150 valence electrons. The van der Waals surface area contributed by atoms with E-state index >= 15 is 0 Å². The van der Waals surface area contributed by atoms with E-state index in [-0.39, 0.29) is 17.9 Å². The maximum atomic E-state index is 12.5. The van der Waals surface area contributed by atoms with Crippen molar-refractivity contribution >= 4 is 12.0 Å². The van der Waals surface area contributed by atoms with Crippen molar-refractivity contribution in [3.63, 3.8) is 0 Å². The van der Waals surface area contributed by atoms with Gasteiger partial charge in [-0.3, -0.25) is 4.79 Å². The molecule has 1 unspecified atom stereocenters. The number of piperidine rings is 2. The van der Waals surface area contributed by atoms with E-state index in [2.05, 4.69) is 24.1 Å². The molecule has 2 saturated heterocycles. The molecule has 0 bridgehead atoms. The van der Waals surface area contributed by atoms with Crippen molar-refractivity contribution in [3.05, 3.63) is 0 Å². The van der Waals surface area contributed by atoms with Gasteiger partial charge in [0.15, 0.2) is 0 Å². The van der Waals surface area contributed by atoms with Gasteiger partial charge in [0.25, 0.3) is 0 Å². The minimum Gasteiger partial charge on any atom is -0.449 e. The van der Waals surface area contributed by atoms with Crippen LogP contribution in [-0.4, -0.2) is 67.2 Å². The Hall–Kier alpha value is -1.30. The zero-order valence-electron chi connectivity index (χ0n) is 17.0. The van der Waals surface area contributed by atoms with Gasteiger partial charge < -0.3 is 19.9 Å². The van der Waals surface area contributed by atoms with Gasteiger partial charge in [-0.05, 0) is 57.9 Å². The Kier molecular flexibility index (Phi) is 8.19. The summed E-state index contributed by atoms with van der Waals surface area (Å²) in [6.07, 6.45) is 3.63. The van der Waals surface area contributed by atoms with E-state index in [1.807, 2.05) is 13.8 Å². The molecule has 2 aliphatic rings. The van der Waals surface area contributed by atoms with Crippen molar-refractivity contribution in [3.8, 4) is 0 Å². The summed E-state index contributed by atoms with van der Waals surface area (Å²) >= 11 is 0. The lowest BCUT2D eigenvalue weighted by molar-refractivity contribution is -0.126. The Morgan fingerprint density at radius 1 is 1.08 bits per heavy atom. The van der Waals surface area contributed by atoms with E-state index in [0.717, 1.165) is 25.9 Å². The molecular formula is C20H37N3O3. The van der Waals surface area contributed by atoms with E-state index in [9.17, 15) is 9.59 Å². The van der Waals surface area contributed by atoms with Gasteiger partial charge in [-0.1, -0.05) is 13.8 Å². The summed E-state index contributed by atoms with van der Waals surface area (Å²) in [4.78, 5) is 28.7. The van der Waals surface area contributed by atoms with Crippen molar-refractivity contribution in [2.45, 2.75) is 59.4 Å². The van der Waals surface area contributed by atoms with Crippen LogP contribution in [0.5, 0.6) is 0 Å². The van der Waals surface area contributed by atoms with Crippen LogP contribution in [-0.2, 0) is 9.53 Å². The highest BCUT2D eigenvalue weighted by Gasteiger charge is 2.29. The fourth-order valence-electron chi connectivity index (χ4n) is 3.78. The molecule has 0 spiro atoms. The fraction of sp³-hybridized carbons (Fsp3) is 0.900. The fourth-order valence-corrected chi connectivity index (χ4v) is 3.78. The molecule has 2 aliphatic heterocycles. The molecule has 2 amide bonds. The Balaban J connectivity index is 1.67. The van der Waals surface area contributed by atoms with Crippen molar-refractivity contribution < 1.29 is 14.3 Å². The third-order valence-electron chi connectivity index (χ3n) is 5.51. The summed E-state index contributed by atoms with van der Waals surface area (Å²) in [7, 11) is 0. The van der Waals surface area contributed by atoms with E-state index in [4.69, 9.17) is 4.74 Å². The van der Waals surface area contributed by atoms with Crippen LogP contribution in [0.3, 0.4) is 0 Å². The summed E-state index contributed by atoms with van der Waals surface area (Å²) < 4.78 is 5.28. The first kappa shape index (κ1) is 21.0. The first-order valence-corrected chi connectivity index (χ1v) is 10.3. The molecule has 26 heavy (non-hydrogen) atoms. The molecule has 0 aromatic rings. The number of nitrogens with one attached hydrogen (secondary N) is 1. The molecule has 1 N–H and O–H groups in total. The van der Waals surface area contributed by atoms with Crippen LogP contribution in [0, 0.1) is 17.8 Å². The number of nitrogens with zero attached hydrogens (tertiary/aromatic N) is 2. The van der Waals surface area contributed by atoms with Crippen LogP contribution < -0.4 is 5.32 Å². The highest BCUT2D eigenvalue weighted by atomic mass is 16.6. The molecule has 2 rings (SSSR count). The molecule has 0 aromatic heterocycles. The van der Waals surface area contributed by atoms with Crippen molar-refractivity contribution in [2.24, 2.45) is 17.8 Å². The van der Waals surface area contributed by atoms with Crippen LogP contribution in [0.25, 0.3) is 0 Å². The Bertz CT molecular complexity index is 459. The normalized spacial score (nSPS) is 22.7. The highest BCUT2D eigenvalue weighted by molar-refractivity contribution is 5.79. The van der Waals surface area contributed by atoms with Crippen molar-refractivity contribution in [2.75, 3.05) is 39.3 Å². The third kappa shape index (κ3) is 6.45. The predicted octanol–water partition coefficient (Wildman–Crippen LogP) is 2.73. The lowest BCUT2D eigenvalue weighted by Crippen LogP contribution is -2.46. The molecule has 0 aromatic carbocycles. The average molecular weight is 368 g/mol. The van der Waals surface area contributed by atoms with Gasteiger partial charge in [0.05, 0.1) is 6.61 Å². The van der Waals surface area contributed by atoms with Gasteiger partial charge in [0.1, 0.15) is 0 Å². The van der Waals surface area contributed by atoms with E-state index in [0.29, 0.717) is 37.6 Å². The molecule has 2 heterocycles. The van der Waals surface area contributed by atoms with Gasteiger partial charge >= 0.3 is 6.09 Å². The molecule has 0 radical (unpaired) electrons. The second-order valence-electron chi connectivity index (χ2n) is 8.57. The number of likely N-dealkylation sites (tertiary alicyclic amines) is 2. The van der Waals surface area contributed by atoms with E-state index in [1.165, 1.54) is 19.4 Å². The molecule has 6 heteroatoms. The smallest absolute Gasteiger partial charge is 0.409 e. The third-order valence-corrected chi connectivity index (χ3v) is 5.51. The van der Waals surface area contributed by atoms with Gasteiger partial charge in [-0.25, -0.2) is 4.79 Å². The van der Waals surface area contributed by atoms with Gasteiger partial charge in [-0.15, -0.1) is 0 Å². The van der Waals surface area contributed by atoms with Crippen LogP contribution in [0.1, 0.15) is 53.4 Å². The molecule has 0 saturated carbocycles. The largest absolute Gasteiger partial charge is 0.449 e. The molecule has 1 atom stereocenters. The Labute approximate surface area is 158 Å². The van der Waals surface area contributed by atoms with Crippen LogP contribution in [0.2, 0.25) is 0 Å². The minimum atomic E-state index is -0.242. The summed E-state index contributed by atoms with van der Waals surface area (Å²) in [6.45, 7) is 13.2. The number of hydrogen-bond donors (Lipinski definition) is 1. The number of carbonyl (C=O) groups excluding carboxylic acids is 2. The highest BCUT2D eigenvalue weighted by Crippen LogP contribution is 2.20. The van der Waals surface area contributed by atoms with Crippen LogP contribution in [0.15, 0.2) is 0 Å². The number of ether oxygens (including phenoxy) is 1. The first-order valence-electron chi connectivity index (χ1n) is 10.3.